The third kappa shape index (κ3) is 1.68. The summed E-state index contributed by atoms with van der Waals surface area (Å²) in [6, 6.07) is 1.71. The largest absolute Gasteiger partial charge is 0.394 e. The number of aromatic amines is 1. The van der Waals surface area contributed by atoms with Crippen molar-refractivity contribution in [2.75, 3.05) is 13.2 Å². The summed E-state index contributed by atoms with van der Waals surface area (Å²) in [7, 11) is 0. The molecule has 4 N–H and O–H groups in total. The number of nitrogens with zero attached hydrogens (tertiary/aromatic N) is 1. The topological polar surface area (TPSA) is 92.4 Å². The van der Waals surface area contributed by atoms with E-state index in [9.17, 15) is 10.2 Å². The van der Waals surface area contributed by atoms with Crippen LogP contribution in [0, 0.1) is 9.41 Å². The SMILES string of the molecule is OC[C@H]1OC(n2ccc(=S)[nH]c2=S)[C@]2(CN2)C1O. The summed E-state index contributed by atoms with van der Waals surface area (Å²) in [6.07, 6.45) is -0.0586. The van der Waals surface area contributed by atoms with Crippen LogP contribution >= 0.6 is 24.4 Å². The second kappa shape index (κ2) is 4.19. The van der Waals surface area contributed by atoms with Gasteiger partial charge in [0.15, 0.2) is 11.0 Å². The van der Waals surface area contributed by atoms with Crippen molar-refractivity contribution in [2.45, 2.75) is 24.0 Å². The molecule has 1 spiro atoms. The fourth-order valence-electron chi connectivity index (χ4n) is 2.39. The lowest BCUT2D eigenvalue weighted by atomic mass is 10.00. The maximum Gasteiger partial charge on any atom is 0.180 e. The zero-order valence-electron chi connectivity index (χ0n) is 9.37. The Morgan fingerprint density at radius 3 is 2.83 bits per heavy atom. The van der Waals surface area contributed by atoms with Gasteiger partial charge in [0.1, 0.15) is 22.4 Å². The van der Waals surface area contributed by atoms with Crippen LogP contribution in [0.5, 0.6) is 0 Å². The maximum absolute atomic E-state index is 10.1. The van der Waals surface area contributed by atoms with Gasteiger partial charge in [-0.3, -0.25) is 4.57 Å². The second-order valence-electron chi connectivity index (χ2n) is 4.57. The van der Waals surface area contributed by atoms with Crippen LogP contribution in [0.4, 0.5) is 0 Å². The minimum atomic E-state index is -0.752. The Labute approximate surface area is 113 Å². The van der Waals surface area contributed by atoms with Crippen LogP contribution in [-0.2, 0) is 4.74 Å². The first kappa shape index (κ1) is 12.4. The number of aliphatic hydroxyl groups excluding tert-OH is 2. The predicted molar refractivity (Wildman–Crippen MR) is 68.2 cm³/mol. The molecule has 3 rings (SSSR count). The molecule has 0 aromatic carbocycles. The van der Waals surface area contributed by atoms with E-state index < -0.39 is 24.0 Å². The van der Waals surface area contributed by atoms with Gasteiger partial charge >= 0.3 is 0 Å². The van der Waals surface area contributed by atoms with Crippen molar-refractivity contribution in [3.63, 3.8) is 0 Å². The number of aromatic nitrogens is 2. The molecule has 1 aromatic heterocycles. The highest BCUT2D eigenvalue weighted by Gasteiger charge is 2.64. The standard InChI is InChI=1S/C10H13N3O3S2/c14-3-5-7(15)10(4-11-10)8(16-5)13-2-1-6(17)12-9(13)18/h1-2,5,7-8,11,14-15H,3-4H2,(H,12,17,18)/t5-,7?,8?,10+/m1/s1. The molecule has 2 unspecified atom stereocenters. The molecule has 0 radical (unpaired) electrons. The Bertz CT molecular complexity index is 580. The van der Waals surface area contributed by atoms with E-state index in [1.807, 2.05) is 0 Å². The number of H-pyrrole nitrogens is 1. The molecule has 2 aliphatic rings. The van der Waals surface area contributed by atoms with Gasteiger partial charge in [-0.2, -0.15) is 0 Å². The number of rotatable bonds is 2. The molecule has 4 atom stereocenters. The molecule has 3 heterocycles. The Morgan fingerprint density at radius 2 is 2.28 bits per heavy atom. The predicted octanol–water partition coefficient (Wildman–Crippen LogP) is -0.132. The van der Waals surface area contributed by atoms with Crippen LogP contribution in [0.25, 0.3) is 0 Å². The van der Waals surface area contributed by atoms with Crippen LogP contribution in [0.1, 0.15) is 6.23 Å². The highest BCUT2D eigenvalue weighted by Crippen LogP contribution is 2.44. The van der Waals surface area contributed by atoms with E-state index in [4.69, 9.17) is 29.2 Å². The van der Waals surface area contributed by atoms with E-state index in [-0.39, 0.29) is 6.61 Å². The van der Waals surface area contributed by atoms with E-state index in [1.54, 1.807) is 16.8 Å². The van der Waals surface area contributed by atoms with Crippen molar-refractivity contribution in [2.24, 2.45) is 0 Å². The third-order valence-corrected chi connectivity index (χ3v) is 4.04. The Balaban J connectivity index is 2.02. The van der Waals surface area contributed by atoms with E-state index in [0.29, 0.717) is 16.0 Å². The quantitative estimate of drug-likeness (QED) is 0.447. The fourth-order valence-corrected chi connectivity index (χ4v) is 2.88. The summed E-state index contributed by atoms with van der Waals surface area (Å²) in [5, 5.41) is 22.5. The lowest BCUT2D eigenvalue weighted by molar-refractivity contribution is -0.0464. The molecular formula is C10H13N3O3S2. The average molecular weight is 287 g/mol. The first-order valence-corrected chi connectivity index (χ1v) is 6.41. The van der Waals surface area contributed by atoms with Crippen molar-refractivity contribution in [3.05, 3.63) is 21.7 Å². The molecule has 8 heteroatoms. The Morgan fingerprint density at radius 1 is 1.56 bits per heavy atom. The lowest BCUT2D eigenvalue weighted by Gasteiger charge is -2.20. The lowest BCUT2D eigenvalue weighted by Crippen LogP contribution is -2.39. The first-order chi connectivity index (χ1) is 8.58. The van der Waals surface area contributed by atoms with Gasteiger partial charge in [-0.05, 0) is 18.3 Å². The zero-order chi connectivity index (χ0) is 12.9. The normalized spacial score (nSPS) is 38.2. The minimum Gasteiger partial charge on any atom is -0.394 e. The number of hydrogen-bond acceptors (Lipinski definition) is 6. The van der Waals surface area contributed by atoms with Gasteiger partial charge in [0.05, 0.1) is 6.61 Å². The van der Waals surface area contributed by atoms with E-state index in [0.717, 1.165) is 0 Å². The van der Waals surface area contributed by atoms with Crippen molar-refractivity contribution < 1.29 is 14.9 Å². The van der Waals surface area contributed by atoms with Crippen molar-refractivity contribution in [1.29, 1.82) is 0 Å². The first-order valence-electron chi connectivity index (χ1n) is 5.59. The highest BCUT2D eigenvalue weighted by molar-refractivity contribution is 7.72. The molecule has 98 valence electrons. The number of ether oxygens (including phenoxy) is 1. The zero-order valence-corrected chi connectivity index (χ0v) is 11.0. The van der Waals surface area contributed by atoms with E-state index in [2.05, 4.69) is 10.3 Å². The van der Waals surface area contributed by atoms with Gasteiger partial charge in [0, 0.05) is 12.7 Å². The molecule has 2 aliphatic heterocycles. The van der Waals surface area contributed by atoms with Gasteiger partial charge in [-0.25, -0.2) is 0 Å². The smallest absolute Gasteiger partial charge is 0.180 e. The molecule has 0 bridgehead atoms. The van der Waals surface area contributed by atoms with Crippen molar-refractivity contribution in [3.8, 4) is 0 Å². The van der Waals surface area contributed by atoms with Crippen LogP contribution in [0.2, 0.25) is 0 Å². The monoisotopic (exact) mass is 287 g/mol. The molecular weight excluding hydrogens is 274 g/mol. The van der Waals surface area contributed by atoms with Crippen LogP contribution in [0.15, 0.2) is 12.3 Å². The summed E-state index contributed by atoms with van der Waals surface area (Å²) in [6.45, 7) is 0.407. The molecule has 2 saturated heterocycles. The molecule has 6 nitrogen and oxygen atoms in total. The second-order valence-corrected chi connectivity index (χ2v) is 5.39. The van der Waals surface area contributed by atoms with Gasteiger partial charge < -0.3 is 25.3 Å². The number of aliphatic hydroxyl groups is 2. The minimum absolute atomic E-state index is 0.225. The van der Waals surface area contributed by atoms with Gasteiger partial charge in [0.25, 0.3) is 0 Å². The van der Waals surface area contributed by atoms with Crippen LogP contribution < -0.4 is 5.32 Å². The summed E-state index contributed by atoms with van der Waals surface area (Å²) >= 11 is 10.2. The molecule has 1 aromatic rings. The average Bonchev–Trinajstić information content (AvgIpc) is 3.07. The summed E-state index contributed by atoms with van der Waals surface area (Å²) < 4.78 is 8.38. The maximum atomic E-state index is 10.1. The highest BCUT2D eigenvalue weighted by atomic mass is 32.1. The molecule has 2 fully saturated rings. The fraction of sp³-hybridized carbons (Fsp3) is 0.600. The Hall–Kier alpha value is -0.640. The van der Waals surface area contributed by atoms with Gasteiger partial charge in [-0.1, -0.05) is 12.2 Å². The van der Waals surface area contributed by atoms with Crippen LogP contribution in [-0.4, -0.2) is 50.7 Å². The number of hydrogen-bond donors (Lipinski definition) is 4. The van der Waals surface area contributed by atoms with Crippen molar-refractivity contribution >= 4 is 24.4 Å². The third-order valence-electron chi connectivity index (χ3n) is 3.49. The van der Waals surface area contributed by atoms with Crippen LogP contribution in [0.3, 0.4) is 0 Å². The molecule has 0 saturated carbocycles. The molecule has 0 aliphatic carbocycles. The van der Waals surface area contributed by atoms with Gasteiger partial charge in [-0.15, -0.1) is 0 Å². The molecule has 0 amide bonds. The number of nitrogens with one attached hydrogen (secondary N) is 2. The summed E-state index contributed by atoms with van der Waals surface area (Å²) in [4.78, 5) is 2.87. The van der Waals surface area contributed by atoms with E-state index >= 15 is 0 Å². The van der Waals surface area contributed by atoms with Crippen molar-refractivity contribution in [1.82, 2.24) is 14.9 Å². The summed E-state index contributed by atoms with van der Waals surface area (Å²) in [5.74, 6) is 0. The van der Waals surface area contributed by atoms with E-state index in [1.165, 1.54) is 0 Å². The Kier molecular flexibility index (Phi) is 2.88. The summed E-state index contributed by atoms with van der Waals surface area (Å²) in [5.41, 5.74) is -0.553. The van der Waals surface area contributed by atoms with Gasteiger partial charge in [0.2, 0.25) is 0 Å². The molecule has 18 heavy (non-hydrogen) atoms.